The molecule has 0 rings (SSSR count). The Bertz CT molecular complexity index is 89.3. The Morgan fingerprint density at radius 1 is 1.50 bits per heavy atom. The van der Waals surface area contributed by atoms with Gasteiger partial charge in [-0.3, -0.25) is 4.79 Å². The van der Waals surface area contributed by atoms with Crippen LogP contribution in [0.25, 0.3) is 0 Å². The van der Waals surface area contributed by atoms with Crippen LogP contribution in [0.15, 0.2) is 0 Å². The quantitative estimate of drug-likeness (QED) is 0.579. The van der Waals surface area contributed by atoms with Gasteiger partial charge in [0.15, 0.2) is 0 Å². The van der Waals surface area contributed by atoms with E-state index >= 15 is 0 Å². The van der Waals surface area contributed by atoms with Gasteiger partial charge in [-0.25, -0.2) is 0 Å². The van der Waals surface area contributed by atoms with Crippen LogP contribution < -0.4 is 0 Å². The number of carbonyl (C=O) groups is 1. The van der Waals surface area contributed by atoms with Gasteiger partial charge in [-0.1, -0.05) is 26.2 Å². The molecule has 0 aromatic rings. The highest BCUT2D eigenvalue weighted by atomic mass is 16.4. The van der Waals surface area contributed by atoms with Crippen molar-refractivity contribution in [1.29, 1.82) is 0 Å². The summed E-state index contributed by atoms with van der Waals surface area (Å²) in [6.07, 6.45) is 6.52. The van der Waals surface area contributed by atoms with Gasteiger partial charge in [0, 0.05) is 6.42 Å². The molecule has 0 aromatic carbocycles. The topological polar surface area (TPSA) is 37.3 Å². The van der Waals surface area contributed by atoms with E-state index in [0.717, 1.165) is 12.8 Å². The lowest BCUT2D eigenvalue weighted by atomic mass is 10.1. The van der Waals surface area contributed by atoms with Crippen LogP contribution in [0, 0.1) is 6.42 Å². The number of carboxylic acids is 1. The first kappa shape index (κ1) is 9.47. The number of hydrogen-bond acceptors (Lipinski definition) is 1. The highest BCUT2D eigenvalue weighted by Crippen LogP contribution is 2.03. The third kappa shape index (κ3) is 7.47. The van der Waals surface area contributed by atoms with E-state index in [1.165, 1.54) is 12.8 Å². The Morgan fingerprint density at radius 2 is 2.20 bits per heavy atom. The number of aliphatic carboxylic acids is 1. The summed E-state index contributed by atoms with van der Waals surface area (Å²) < 4.78 is 0. The molecule has 0 bridgehead atoms. The summed E-state index contributed by atoms with van der Waals surface area (Å²) in [6.45, 7) is 2.14. The molecule has 0 amide bonds. The Balaban J connectivity index is 2.84. The van der Waals surface area contributed by atoms with E-state index in [9.17, 15) is 4.79 Å². The van der Waals surface area contributed by atoms with Crippen LogP contribution in [0.1, 0.15) is 39.0 Å². The molecule has 59 valence electrons. The van der Waals surface area contributed by atoms with Crippen molar-refractivity contribution in [2.45, 2.75) is 39.0 Å². The first-order valence-electron chi connectivity index (χ1n) is 3.80. The first-order chi connectivity index (χ1) is 4.77. The summed E-state index contributed by atoms with van der Waals surface area (Å²) in [4.78, 5) is 10.0. The average Bonchev–Trinajstić information content (AvgIpc) is 1.87. The van der Waals surface area contributed by atoms with E-state index in [-0.39, 0.29) is 6.42 Å². The van der Waals surface area contributed by atoms with E-state index in [4.69, 9.17) is 5.11 Å². The van der Waals surface area contributed by atoms with Gasteiger partial charge < -0.3 is 5.11 Å². The molecule has 0 heterocycles. The molecule has 0 saturated heterocycles. The van der Waals surface area contributed by atoms with Crippen molar-refractivity contribution in [2.24, 2.45) is 0 Å². The SMILES string of the molecule is CCCCC[CH]CC(=O)O. The van der Waals surface area contributed by atoms with E-state index < -0.39 is 5.97 Å². The number of hydrogen-bond donors (Lipinski definition) is 1. The number of unbranched alkanes of at least 4 members (excludes halogenated alkanes) is 4. The molecule has 0 aromatic heterocycles. The molecule has 0 spiro atoms. The van der Waals surface area contributed by atoms with E-state index in [2.05, 4.69) is 6.92 Å². The zero-order chi connectivity index (χ0) is 7.82. The average molecular weight is 143 g/mol. The van der Waals surface area contributed by atoms with Crippen molar-refractivity contribution in [1.82, 2.24) is 0 Å². The van der Waals surface area contributed by atoms with Crippen molar-refractivity contribution in [3.8, 4) is 0 Å². The van der Waals surface area contributed by atoms with Crippen molar-refractivity contribution in [2.75, 3.05) is 0 Å². The maximum Gasteiger partial charge on any atom is 0.303 e. The largest absolute Gasteiger partial charge is 0.481 e. The molecule has 2 nitrogen and oxygen atoms in total. The fourth-order valence-electron chi connectivity index (χ4n) is 0.764. The molecule has 0 aliphatic carbocycles. The lowest BCUT2D eigenvalue weighted by molar-refractivity contribution is -0.136. The summed E-state index contributed by atoms with van der Waals surface area (Å²) in [5, 5.41) is 8.24. The fourth-order valence-corrected chi connectivity index (χ4v) is 0.764. The van der Waals surface area contributed by atoms with Gasteiger partial charge in [-0.2, -0.15) is 0 Å². The molecule has 0 atom stereocenters. The van der Waals surface area contributed by atoms with Crippen LogP contribution in [0.3, 0.4) is 0 Å². The van der Waals surface area contributed by atoms with E-state index in [1.54, 1.807) is 0 Å². The maximum absolute atomic E-state index is 10.0. The van der Waals surface area contributed by atoms with Crippen LogP contribution in [0.4, 0.5) is 0 Å². The Hall–Kier alpha value is -0.530. The standard InChI is InChI=1S/C8H15O2/c1-2-3-4-5-6-7-8(9)10/h6H,2-5,7H2,1H3,(H,9,10). The molecule has 0 unspecified atom stereocenters. The van der Waals surface area contributed by atoms with Crippen molar-refractivity contribution < 1.29 is 9.90 Å². The second kappa shape index (κ2) is 6.59. The van der Waals surface area contributed by atoms with Gasteiger partial charge in [0.1, 0.15) is 0 Å². The third-order valence-electron chi connectivity index (χ3n) is 1.33. The molecule has 10 heavy (non-hydrogen) atoms. The lowest BCUT2D eigenvalue weighted by Gasteiger charge is -1.94. The predicted octanol–water partition coefficient (Wildman–Crippen LogP) is 2.25. The second-order valence-corrected chi connectivity index (χ2v) is 2.38. The van der Waals surface area contributed by atoms with Gasteiger partial charge in [-0.15, -0.1) is 0 Å². The summed E-state index contributed by atoms with van der Waals surface area (Å²) in [5.74, 6) is -0.725. The maximum atomic E-state index is 10.0. The van der Waals surface area contributed by atoms with Gasteiger partial charge in [-0.05, 0) is 12.8 Å². The van der Waals surface area contributed by atoms with Crippen molar-refractivity contribution >= 4 is 5.97 Å². The highest BCUT2D eigenvalue weighted by Gasteiger charge is 1.95. The molecule has 0 aliphatic heterocycles. The van der Waals surface area contributed by atoms with Crippen molar-refractivity contribution in [3.63, 3.8) is 0 Å². The van der Waals surface area contributed by atoms with Crippen LogP contribution in [-0.2, 0) is 4.79 Å². The highest BCUT2D eigenvalue weighted by molar-refractivity contribution is 5.67. The fraction of sp³-hybridized carbons (Fsp3) is 0.750. The van der Waals surface area contributed by atoms with Crippen LogP contribution in [-0.4, -0.2) is 11.1 Å². The summed E-state index contributed by atoms with van der Waals surface area (Å²) >= 11 is 0. The van der Waals surface area contributed by atoms with Gasteiger partial charge in [0.25, 0.3) is 0 Å². The number of rotatable bonds is 6. The van der Waals surface area contributed by atoms with Gasteiger partial charge in [0.2, 0.25) is 0 Å². The lowest BCUT2D eigenvalue weighted by Crippen LogP contribution is -1.93. The molecular weight excluding hydrogens is 128 g/mol. The molecule has 0 aliphatic rings. The predicted molar refractivity (Wildman–Crippen MR) is 40.7 cm³/mol. The van der Waals surface area contributed by atoms with Crippen LogP contribution >= 0.6 is 0 Å². The van der Waals surface area contributed by atoms with Gasteiger partial charge in [0.05, 0.1) is 0 Å². The van der Waals surface area contributed by atoms with Crippen LogP contribution in [0.2, 0.25) is 0 Å². The Labute approximate surface area is 62.2 Å². The second-order valence-electron chi connectivity index (χ2n) is 2.38. The normalized spacial score (nSPS) is 9.70. The Kier molecular flexibility index (Phi) is 6.24. The third-order valence-corrected chi connectivity index (χ3v) is 1.33. The minimum atomic E-state index is -0.725. The summed E-state index contributed by atoms with van der Waals surface area (Å²) in [5.41, 5.74) is 0. The van der Waals surface area contributed by atoms with Crippen molar-refractivity contribution in [3.05, 3.63) is 6.42 Å². The van der Waals surface area contributed by atoms with Crippen LogP contribution in [0.5, 0.6) is 0 Å². The minimum Gasteiger partial charge on any atom is -0.481 e. The summed E-state index contributed by atoms with van der Waals surface area (Å²) in [6, 6.07) is 0. The number of carboxylic acid groups (broad SMARTS) is 1. The van der Waals surface area contributed by atoms with E-state index in [1.807, 2.05) is 6.42 Å². The zero-order valence-electron chi connectivity index (χ0n) is 6.47. The molecule has 2 heteroatoms. The Morgan fingerprint density at radius 3 is 2.70 bits per heavy atom. The zero-order valence-corrected chi connectivity index (χ0v) is 6.47. The first-order valence-corrected chi connectivity index (χ1v) is 3.80. The molecule has 0 saturated carbocycles. The van der Waals surface area contributed by atoms with Gasteiger partial charge >= 0.3 is 5.97 Å². The summed E-state index contributed by atoms with van der Waals surface area (Å²) in [7, 11) is 0. The molecule has 1 N–H and O–H groups in total. The molecule has 0 fully saturated rings. The molecule has 1 radical (unpaired) electrons. The minimum absolute atomic E-state index is 0.212. The molecular formula is C8H15O2. The van der Waals surface area contributed by atoms with E-state index in [0.29, 0.717) is 0 Å². The smallest absolute Gasteiger partial charge is 0.303 e. The monoisotopic (exact) mass is 143 g/mol.